The highest BCUT2D eigenvalue weighted by molar-refractivity contribution is 5.30. The smallest absolute Gasteiger partial charge is 0.149 e. The Balaban J connectivity index is 2.57. The number of benzene rings is 1. The highest BCUT2D eigenvalue weighted by atomic mass is 16.5. The van der Waals surface area contributed by atoms with Gasteiger partial charge in [0.05, 0.1) is 0 Å². The number of rotatable bonds is 3. The second-order valence-corrected chi connectivity index (χ2v) is 5.20. The summed E-state index contributed by atoms with van der Waals surface area (Å²) >= 11 is 0. The second kappa shape index (κ2) is 5.75. The minimum absolute atomic E-state index is 0.0248. The van der Waals surface area contributed by atoms with E-state index in [0.29, 0.717) is 6.61 Å². The van der Waals surface area contributed by atoms with Crippen molar-refractivity contribution in [2.24, 2.45) is 11.1 Å². The van der Waals surface area contributed by atoms with Crippen LogP contribution in [-0.2, 0) is 0 Å². The minimum Gasteiger partial charge on any atom is -0.481 e. The number of hydrogen-bond donors (Lipinski definition) is 1. The lowest BCUT2D eigenvalue weighted by Gasteiger charge is -2.09. The SMILES string of the molecule is C[C@@H](N)c1cccc(OCC#CC(C)(C)C)c1. The Morgan fingerprint density at radius 3 is 2.65 bits per heavy atom. The molecule has 92 valence electrons. The molecule has 0 spiro atoms. The van der Waals surface area contributed by atoms with Gasteiger partial charge in [-0.25, -0.2) is 0 Å². The van der Waals surface area contributed by atoms with E-state index in [4.69, 9.17) is 10.5 Å². The maximum atomic E-state index is 5.81. The lowest BCUT2D eigenvalue weighted by atomic mass is 9.98. The van der Waals surface area contributed by atoms with Crippen LogP contribution < -0.4 is 10.5 Å². The number of ether oxygens (including phenoxy) is 1. The van der Waals surface area contributed by atoms with Crippen molar-refractivity contribution in [3.63, 3.8) is 0 Å². The number of nitrogens with two attached hydrogens (primary N) is 1. The third kappa shape index (κ3) is 5.42. The lowest BCUT2D eigenvalue weighted by molar-refractivity contribution is 0.368. The van der Waals surface area contributed by atoms with E-state index in [1.165, 1.54) is 0 Å². The Morgan fingerprint density at radius 2 is 2.06 bits per heavy atom. The fraction of sp³-hybridized carbons (Fsp3) is 0.467. The molecule has 2 N–H and O–H groups in total. The van der Waals surface area contributed by atoms with Gasteiger partial charge in [-0.2, -0.15) is 0 Å². The Labute approximate surface area is 104 Å². The maximum Gasteiger partial charge on any atom is 0.149 e. The fourth-order valence-corrected chi connectivity index (χ4v) is 1.31. The maximum absolute atomic E-state index is 5.81. The first-order valence-corrected chi connectivity index (χ1v) is 5.87. The summed E-state index contributed by atoms with van der Waals surface area (Å²) in [5.41, 5.74) is 6.91. The summed E-state index contributed by atoms with van der Waals surface area (Å²) in [7, 11) is 0. The van der Waals surface area contributed by atoms with Gasteiger partial charge < -0.3 is 10.5 Å². The Hall–Kier alpha value is -1.46. The number of hydrogen-bond acceptors (Lipinski definition) is 2. The van der Waals surface area contributed by atoms with Gasteiger partial charge in [0.25, 0.3) is 0 Å². The zero-order valence-corrected chi connectivity index (χ0v) is 11.1. The molecular formula is C15H21NO. The van der Waals surface area contributed by atoms with Crippen molar-refractivity contribution in [3.8, 4) is 17.6 Å². The molecule has 0 unspecified atom stereocenters. The molecule has 0 saturated carbocycles. The molecule has 1 aromatic carbocycles. The van der Waals surface area contributed by atoms with E-state index in [1.54, 1.807) is 0 Å². The van der Waals surface area contributed by atoms with Crippen molar-refractivity contribution < 1.29 is 4.74 Å². The van der Waals surface area contributed by atoms with Crippen LogP contribution in [0, 0.1) is 17.3 Å². The molecule has 0 amide bonds. The molecule has 17 heavy (non-hydrogen) atoms. The molecule has 2 heteroatoms. The Morgan fingerprint density at radius 1 is 1.35 bits per heavy atom. The third-order valence-electron chi connectivity index (χ3n) is 2.16. The topological polar surface area (TPSA) is 35.2 Å². The molecule has 1 rings (SSSR count). The summed E-state index contributed by atoms with van der Waals surface area (Å²) in [5.74, 6) is 6.97. The normalized spacial score (nSPS) is 12.5. The van der Waals surface area contributed by atoms with Crippen LogP contribution in [0.1, 0.15) is 39.3 Å². The van der Waals surface area contributed by atoms with E-state index < -0.39 is 0 Å². The quantitative estimate of drug-likeness (QED) is 0.811. The standard InChI is InChI=1S/C15H21NO/c1-12(16)13-7-5-8-14(11-13)17-10-6-9-15(2,3)4/h5,7-8,11-12H,10,16H2,1-4H3/t12-/m1/s1. The molecule has 0 aliphatic heterocycles. The van der Waals surface area contributed by atoms with Crippen molar-refractivity contribution in [3.05, 3.63) is 29.8 Å². The summed E-state index contributed by atoms with van der Waals surface area (Å²) in [6.45, 7) is 8.61. The summed E-state index contributed by atoms with van der Waals surface area (Å²) in [6, 6.07) is 7.86. The summed E-state index contributed by atoms with van der Waals surface area (Å²) < 4.78 is 5.56. The molecule has 0 aliphatic rings. The van der Waals surface area contributed by atoms with Crippen LogP contribution in [0.5, 0.6) is 5.75 Å². The van der Waals surface area contributed by atoms with Gasteiger partial charge in [-0.05, 0) is 45.4 Å². The highest BCUT2D eigenvalue weighted by Crippen LogP contribution is 2.17. The van der Waals surface area contributed by atoms with Crippen molar-refractivity contribution >= 4 is 0 Å². The first-order valence-electron chi connectivity index (χ1n) is 5.87. The van der Waals surface area contributed by atoms with Gasteiger partial charge in [0, 0.05) is 11.5 Å². The van der Waals surface area contributed by atoms with Crippen molar-refractivity contribution in [1.82, 2.24) is 0 Å². The molecule has 0 fully saturated rings. The predicted molar refractivity (Wildman–Crippen MR) is 71.8 cm³/mol. The van der Waals surface area contributed by atoms with Crippen molar-refractivity contribution in [2.75, 3.05) is 6.61 Å². The fourth-order valence-electron chi connectivity index (χ4n) is 1.31. The van der Waals surface area contributed by atoms with Gasteiger partial charge in [0.15, 0.2) is 0 Å². The molecule has 0 aliphatic carbocycles. The Bertz CT molecular complexity index is 419. The van der Waals surface area contributed by atoms with Gasteiger partial charge in [-0.3, -0.25) is 0 Å². The van der Waals surface area contributed by atoms with Gasteiger partial charge in [-0.1, -0.05) is 24.0 Å². The molecule has 1 atom stereocenters. The van der Waals surface area contributed by atoms with Crippen LogP contribution in [0.2, 0.25) is 0 Å². The first kappa shape index (κ1) is 13.6. The molecule has 1 aromatic rings. The van der Waals surface area contributed by atoms with E-state index in [2.05, 4.69) is 32.6 Å². The van der Waals surface area contributed by atoms with Gasteiger partial charge in [0.2, 0.25) is 0 Å². The first-order chi connectivity index (χ1) is 7.88. The van der Waals surface area contributed by atoms with Crippen LogP contribution in [0.25, 0.3) is 0 Å². The molecule has 0 heterocycles. The van der Waals surface area contributed by atoms with Crippen LogP contribution in [0.15, 0.2) is 24.3 Å². The van der Waals surface area contributed by atoms with Gasteiger partial charge >= 0.3 is 0 Å². The zero-order chi connectivity index (χ0) is 12.9. The summed E-state index contributed by atoms with van der Waals surface area (Å²) in [4.78, 5) is 0. The Kier molecular flexibility index (Phi) is 4.60. The molecule has 0 radical (unpaired) electrons. The van der Waals surface area contributed by atoms with E-state index in [-0.39, 0.29) is 11.5 Å². The highest BCUT2D eigenvalue weighted by Gasteiger charge is 2.03. The van der Waals surface area contributed by atoms with Crippen LogP contribution >= 0.6 is 0 Å². The van der Waals surface area contributed by atoms with E-state index >= 15 is 0 Å². The largest absolute Gasteiger partial charge is 0.481 e. The van der Waals surface area contributed by atoms with Crippen molar-refractivity contribution in [1.29, 1.82) is 0 Å². The zero-order valence-electron chi connectivity index (χ0n) is 11.1. The van der Waals surface area contributed by atoms with Crippen LogP contribution in [0.4, 0.5) is 0 Å². The van der Waals surface area contributed by atoms with E-state index in [1.807, 2.05) is 31.2 Å². The lowest BCUT2D eigenvalue weighted by Crippen LogP contribution is -2.05. The molecule has 0 saturated heterocycles. The molecule has 0 aromatic heterocycles. The van der Waals surface area contributed by atoms with E-state index in [0.717, 1.165) is 11.3 Å². The summed E-state index contributed by atoms with van der Waals surface area (Å²) in [5, 5.41) is 0. The predicted octanol–water partition coefficient (Wildman–Crippen LogP) is 3.13. The molecular weight excluding hydrogens is 210 g/mol. The van der Waals surface area contributed by atoms with Crippen molar-refractivity contribution in [2.45, 2.75) is 33.7 Å². The average molecular weight is 231 g/mol. The third-order valence-corrected chi connectivity index (χ3v) is 2.16. The van der Waals surface area contributed by atoms with Gasteiger partial charge in [-0.15, -0.1) is 0 Å². The van der Waals surface area contributed by atoms with Crippen LogP contribution in [0.3, 0.4) is 0 Å². The average Bonchev–Trinajstić information content (AvgIpc) is 2.23. The molecule has 2 nitrogen and oxygen atoms in total. The molecule has 0 bridgehead atoms. The van der Waals surface area contributed by atoms with Gasteiger partial charge in [0.1, 0.15) is 12.4 Å². The second-order valence-electron chi connectivity index (χ2n) is 5.20. The van der Waals surface area contributed by atoms with Crippen LogP contribution in [-0.4, -0.2) is 6.61 Å². The monoisotopic (exact) mass is 231 g/mol. The van der Waals surface area contributed by atoms with E-state index in [9.17, 15) is 0 Å². The minimum atomic E-state index is 0.0248. The summed E-state index contributed by atoms with van der Waals surface area (Å²) in [6.07, 6.45) is 0.